The molecule has 1 aliphatic rings. The van der Waals surface area contributed by atoms with E-state index < -0.39 is 0 Å². The molecule has 4 amide bonds. The highest BCUT2D eigenvalue weighted by Gasteiger charge is 2.29. The number of para-hydroxylation sites is 1. The minimum atomic E-state index is -0.299. The van der Waals surface area contributed by atoms with E-state index in [0.717, 1.165) is 11.3 Å². The van der Waals surface area contributed by atoms with Crippen molar-refractivity contribution in [1.29, 1.82) is 0 Å². The van der Waals surface area contributed by atoms with Gasteiger partial charge in [0.15, 0.2) is 0 Å². The van der Waals surface area contributed by atoms with Gasteiger partial charge in [-0.05, 0) is 23.1 Å². The van der Waals surface area contributed by atoms with Crippen LogP contribution in [0.2, 0.25) is 0 Å². The van der Waals surface area contributed by atoms with E-state index >= 15 is 0 Å². The lowest BCUT2D eigenvalue weighted by molar-refractivity contribution is -0.130. The van der Waals surface area contributed by atoms with Gasteiger partial charge < -0.3 is 20.0 Å². The standard InChI is InChI=1S/C21H24N4O4S/c1-23(20(28)14-25-16-7-4-3-6-15(16)12-19(25)27)10-9-22-18(26)13-24(2)21(29)17-8-5-11-30-17/h3-8,11H,9-10,12-14H2,1-2H3,(H,22,26). The Balaban J connectivity index is 1.41. The van der Waals surface area contributed by atoms with Crippen molar-refractivity contribution in [3.63, 3.8) is 0 Å². The Morgan fingerprint density at radius 2 is 1.87 bits per heavy atom. The number of amides is 4. The first-order valence-corrected chi connectivity index (χ1v) is 10.4. The van der Waals surface area contributed by atoms with Crippen LogP contribution in [-0.4, -0.2) is 73.7 Å². The van der Waals surface area contributed by atoms with Crippen molar-refractivity contribution in [2.24, 2.45) is 0 Å². The summed E-state index contributed by atoms with van der Waals surface area (Å²) in [6.45, 7) is 0.468. The van der Waals surface area contributed by atoms with E-state index in [1.165, 1.54) is 26.0 Å². The van der Waals surface area contributed by atoms with Gasteiger partial charge in [-0.1, -0.05) is 24.3 Å². The first-order valence-electron chi connectivity index (χ1n) is 9.54. The third kappa shape index (κ3) is 5.04. The molecule has 2 heterocycles. The van der Waals surface area contributed by atoms with Crippen LogP contribution in [0, 0.1) is 0 Å². The van der Waals surface area contributed by atoms with E-state index in [2.05, 4.69) is 5.32 Å². The highest BCUT2D eigenvalue weighted by molar-refractivity contribution is 7.12. The minimum Gasteiger partial charge on any atom is -0.353 e. The molecule has 1 aliphatic heterocycles. The van der Waals surface area contributed by atoms with Gasteiger partial charge >= 0.3 is 0 Å². The van der Waals surface area contributed by atoms with Crippen LogP contribution in [0.4, 0.5) is 5.69 Å². The van der Waals surface area contributed by atoms with Crippen molar-refractivity contribution in [2.45, 2.75) is 6.42 Å². The number of hydrogen-bond acceptors (Lipinski definition) is 5. The summed E-state index contributed by atoms with van der Waals surface area (Å²) in [7, 11) is 3.20. The highest BCUT2D eigenvalue weighted by Crippen LogP contribution is 2.28. The predicted octanol–water partition coefficient (Wildman–Crippen LogP) is 0.984. The number of nitrogens with zero attached hydrogens (tertiary/aromatic N) is 3. The topological polar surface area (TPSA) is 90.0 Å². The lowest BCUT2D eigenvalue weighted by atomic mass is 10.2. The lowest BCUT2D eigenvalue weighted by Crippen LogP contribution is -2.44. The molecule has 9 heteroatoms. The molecular formula is C21H24N4O4S. The van der Waals surface area contributed by atoms with Crippen LogP contribution < -0.4 is 10.2 Å². The summed E-state index contributed by atoms with van der Waals surface area (Å²) in [6.07, 6.45) is 0.306. The zero-order valence-corrected chi connectivity index (χ0v) is 17.8. The molecule has 3 rings (SSSR count). The van der Waals surface area contributed by atoms with Crippen LogP contribution in [0.15, 0.2) is 41.8 Å². The van der Waals surface area contributed by atoms with E-state index in [1.54, 1.807) is 26.2 Å². The van der Waals surface area contributed by atoms with Crippen molar-refractivity contribution >= 4 is 40.7 Å². The van der Waals surface area contributed by atoms with Gasteiger partial charge in [0.05, 0.1) is 17.8 Å². The summed E-state index contributed by atoms with van der Waals surface area (Å²) in [5, 5.41) is 4.52. The molecule has 0 aliphatic carbocycles. The zero-order valence-electron chi connectivity index (χ0n) is 17.0. The van der Waals surface area contributed by atoms with E-state index in [1.807, 2.05) is 29.6 Å². The number of nitrogens with one attached hydrogen (secondary N) is 1. The molecule has 0 bridgehead atoms. The maximum absolute atomic E-state index is 12.5. The van der Waals surface area contributed by atoms with Gasteiger partial charge in [-0.2, -0.15) is 0 Å². The van der Waals surface area contributed by atoms with Crippen molar-refractivity contribution < 1.29 is 19.2 Å². The number of carbonyl (C=O) groups is 4. The van der Waals surface area contributed by atoms with Gasteiger partial charge in [-0.25, -0.2) is 0 Å². The average Bonchev–Trinajstić information content (AvgIpc) is 3.36. The Morgan fingerprint density at radius 3 is 2.60 bits per heavy atom. The number of hydrogen-bond donors (Lipinski definition) is 1. The molecule has 2 aromatic rings. The molecule has 1 aromatic heterocycles. The van der Waals surface area contributed by atoms with E-state index in [0.29, 0.717) is 17.8 Å². The van der Waals surface area contributed by atoms with Crippen molar-refractivity contribution in [3.8, 4) is 0 Å². The number of fused-ring (bicyclic) bond motifs is 1. The summed E-state index contributed by atoms with van der Waals surface area (Å²) < 4.78 is 0. The zero-order chi connectivity index (χ0) is 21.7. The van der Waals surface area contributed by atoms with Crippen molar-refractivity contribution in [3.05, 3.63) is 52.2 Å². The van der Waals surface area contributed by atoms with Gasteiger partial charge in [0.1, 0.15) is 6.54 Å². The highest BCUT2D eigenvalue weighted by atomic mass is 32.1. The Morgan fingerprint density at radius 1 is 1.10 bits per heavy atom. The Bertz CT molecular complexity index is 944. The molecule has 30 heavy (non-hydrogen) atoms. The van der Waals surface area contributed by atoms with E-state index in [-0.39, 0.29) is 43.3 Å². The van der Waals surface area contributed by atoms with Gasteiger partial charge in [-0.15, -0.1) is 11.3 Å². The van der Waals surface area contributed by atoms with Gasteiger partial charge in [0, 0.05) is 32.9 Å². The third-order valence-corrected chi connectivity index (χ3v) is 5.73. The fourth-order valence-corrected chi connectivity index (χ4v) is 3.88. The number of likely N-dealkylation sites (N-methyl/N-ethyl adjacent to an activating group) is 2. The predicted molar refractivity (Wildman–Crippen MR) is 114 cm³/mol. The first kappa shape index (κ1) is 21.5. The number of anilines is 1. The molecule has 0 radical (unpaired) electrons. The summed E-state index contributed by atoms with van der Waals surface area (Å²) in [5.74, 6) is -0.807. The first-order chi connectivity index (χ1) is 14.4. The minimum absolute atomic E-state index is 0.0294. The molecule has 0 spiro atoms. The quantitative estimate of drug-likeness (QED) is 0.679. The second-order valence-corrected chi connectivity index (χ2v) is 8.04. The summed E-state index contributed by atoms with van der Waals surface area (Å²) >= 11 is 1.33. The molecule has 158 valence electrons. The van der Waals surface area contributed by atoms with Crippen LogP contribution in [0.1, 0.15) is 15.2 Å². The average molecular weight is 429 g/mol. The van der Waals surface area contributed by atoms with Gasteiger partial charge in [-0.3, -0.25) is 19.2 Å². The van der Waals surface area contributed by atoms with Gasteiger partial charge in [0.25, 0.3) is 5.91 Å². The Hall–Kier alpha value is -3.20. The number of thiophene rings is 1. The molecule has 8 nitrogen and oxygen atoms in total. The fourth-order valence-electron chi connectivity index (χ4n) is 3.16. The van der Waals surface area contributed by atoms with Crippen LogP contribution in [0.3, 0.4) is 0 Å². The smallest absolute Gasteiger partial charge is 0.264 e. The second kappa shape index (κ2) is 9.53. The summed E-state index contributed by atoms with van der Waals surface area (Å²) in [6, 6.07) is 10.9. The SMILES string of the molecule is CN(CCNC(=O)CN(C)C(=O)c1cccs1)C(=O)CN1C(=O)Cc2ccccc21. The molecule has 1 aromatic carbocycles. The Kier molecular flexibility index (Phi) is 6.83. The summed E-state index contributed by atoms with van der Waals surface area (Å²) in [4.78, 5) is 53.9. The number of rotatable bonds is 8. The van der Waals surface area contributed by atoms with E-state index in [9.17, 15) is 19.2 Å². The van der Waals surface area contributed by atoms with Crippen LogP contribution in [0.25, 0.3) is 0 Å². The second-order valence-electron chi connectivity index (χ2n) is 7.09. The normalized spacial score (nSPS) is 12.5. The molecule has 0 saturated carbocycles. The summed E-state index contributed by atoms with van der Waals surface area (Å²) in [5.41, 5.74) is 1.70. The molecule has 0 unspecified atom stereocenters. The third-order valence-electron chi connectivity index (χ3n) is 4.87. The lowest BCUT2D eigenvalue weighted by Gasteiger charge is -2.23. The molecule has 0 atom stereocenters. The Labute approximate surface area is 179 Å². The fraction of sp³-hybridized carbons (Fsp3) is 0.333. The van der Waals surface area contributed by atoms with Crippen LogP contribution >= 0.6 is 11.3 Å². The number of benzene rings is 1. The van der Waals surface area contributed by atoms with Crippen LogP contribution in [-0.2, 0) is 20.8 Å². The van der Waals surface area contributed by atoms with E-state index in [4.69, 9.17) is 0 Å². The molecule has 1 N–H and O–H groups in total. The van der Waals surface area contributed by atoms with Gasteiger partial charge in [0.2, 0.25) is 17.7 Å². The van der Waals surface area contributed by atoms with Crippen molar-refractivity contribution in [1.82, 2.24) is 15.1 Å². The maximum atomic E-state index is 12.5. The largest absolute Gasteiger partial charge is 0.353 e. The molecular weight excluding hydrogens is 404 g/mol. The van der Waals surface area contributed by atoms with Crippen molar-refractivity contribution in [2.75, 3.05) is 45.2 Å². The maximum Gasteiger partial charge on any atom is 0.264 e. The molecule has 0 saturated heterocycles. The number of carbonyl (C=O) groups excluding carboxylic acids is 4. The van der Waals surface area contributed by atoms with Crippen LogP contribution in [0.5, 0.6) is 0 Å². The molecule has 0 fully saturated rings. The monoisotopic (exact) mass is 428 g/mol.